The predicted octanol–water partition coefficient (Wildman–Crippen LogP) is 2.28. The van der Waals surface area contributed by atoms with Crippen molar-refractivity contribution in [2.75, 3.05) is 0 Å². The van der Waals surface area contributed by atoms with Crippen LogP contribution >= 0.6 is 0 Å². The standard InChI is InChI=1S/C11H16O/c1-3-11(12)7-9-4-5-10(11)8(2)6-9/h3,9-10,12H,1-2,4-7H2/t9-,10+,11+/m1/s1. The maximum atomic E-state index is 10.2. The summed E-state index contributed by atoms with van der Waals surface area (Å²) in [5.41, 5.74) is 0.609. The largest absolute Gasteiger partial charge is 0.385 e. The van der Waals surface area contributed by atoms with Gasteiger partial charge < -0.3 is 5.11 Å². The quantitative estimate of drug-likeness (QED) is 0.589. The third kappa shape index (κ3) is 0.962. The van der Waals surface area contributed by atoms with Gasteiger partial charge in [-0.05, 0) is 31.6 Å². The second-order valence-electron chi connectivity index (χ2n) is 4.26. The van der Waals surface area contributed by atoms with Gasteiger partial charge in [0.2, 0.25) is 0 Å². The second-order valence-corrected chi connectivity index (χ2v) is 4.26. The normalized spacial score (nSPS) is 46.2. The van der Waals surface area contributed by atoms with Gasteiger partial charge in [-0.1, -0.05) is 18.2 Å². The highest BCUT2D eigenvalue weighted by Crippen LogP contribution is 2.49. The number of hydrogen-bond acceptors (Lipinski definition) is 1. The number of aliphatic hydroxyl groups is 1. The molecule has 0 heterocycles. The van der Waals surface area contributed by atoms with E-state index in [4.69, 9.17) is 0 Å². The van der Waals surface area contributed by atoms with Gasteiger partial charge >= 0.3 is 0 Å². The predicted molar refractivity (Wildman–Crippen MR) is 49.7 cm³/mol. The highest BCUT2D eigenvalue weighted by atomic mass is 16.3. The monoisotopic (exact) mass is 164 g/mol. The summed E-state index contributed by atoms with van der Waals surface area (Å²) in [5, 5.41) is 10.2. The highest BCUT2D eigenvalue weighted by molar-refractivity contribution is 5.21. The summed E-state index contributed by atoms with van der Waals surface area (Å²) in [6.07, 6.45) is 6.11. The van der Waals surface area contributed by atoms with Crippen LogP contribution in [0.5, 0.6) is 0 Å². The van der Waals surface area contributed by atoms with Crippen LogP contribution in [0, 0.1) is 11.8 Å². The molecule has 0 saturated heterocycles. The fourth-order valence-corrected chi connectivity index (χ4v) is 2.83. The third-order valence-electron chi connectivity index (χ3n) is 3.48. The Labute approximate surface area is 73.8 Å². The Morgan fingerprint density at radius 1 is 1.50 bits per heavy atom. The van der Waals surface area contributed by atoms with E-state index in [0.29, 0.717) is 11.8 Å². The van der Waals surface area contributed by atoms with Crippen molar-refractivity contribution in [3.05, 3.63) is 24.8 Å². The van der Waals surface area contributed by atoms with E-state index in [1.807, 2.05) is 0 Å². The topological polar surface area (TPSA) is 20.2 Å². The lowest BCUT2D eigenvalue weighted by atomic mass is 9.60. The Hall–Kier alpha value is -0.560. The molecule has 3 fully saturated rings. The summed E-state index contributed by atoms with van der Waals surface area (Å²) in [6.45, 7) is 7.75. The van der Waals surface area contributed by atoms with E-state index < -0.39 is 5.60 Å². The minimum absolute atomic E-state index is 0.292. The van der Waals surface area contributed by atoms with Crippen molar-refractivity contribution in [2.24, 2.45) is 11.8 Å². The molecule has 12 heavy (non-hydrogen) atoms. The molecule has 2 bridgehead atoms. The average molecular weight is 164 g/mol. The molecule has 1 nitrogen and oxygen atoms in total. The molecular formula is C11H16O. The third-order valence-corrected chi connectivity index (χ3v) is 3.48. The molecule has 0 spiro atoms. The van der Waals surface area contributed by atoms with E-state index in [2.05, 4.69) is 13.2 Å². The first-order valence-corrected chi connectivity index (χ1v) is 4.69. The van der Waals surface area contributed by atoms with Crippen LogP contribution in [0.4, 0.5) is 0 Å². The van der Waals surface area contributed by atoms with Crippen LogP contribution in [-0.2, 0) is 0 Å². The molecule has 0 aromatic carbocycles. The summed E-state index contributed by atoms with van der Waals surface area (Å²) in [5.74, 6) is 0.950. The number of rotatable bonds is 1. The van der Waals surface area contributed by atoms with Crippen LogP contribution in [0.25, 0.3) is 0 Å². The van der Waals surface area contributed by atoms with Crippen molar-refractivity contribution >= 4 is 0 Å². The first-order valence-electron chi connectivity index (χ1n) is 4.69. The molecule has 66 valence electrons. The molecule has 0 amide bonds. The Morgan fingerprint density at radius 3 is 2.67 bits per heavy atom. The first-order chi connectivity index (χ1) is 5.65. The van der Waals surface area contributed by atoms with Gasteiger partial charge in [0, 0.05) is 5.92 Å². The van der Waals surface area contributed by atoms with Crippen molar-refractivity contribution in [2.45, 2.75) is 31.3 Å². The van der Waals surface area contributed by atoms with Crippen molar-refractivity contribution < 1.29 is 5.11 Å². The summed E-state index contributed by atoms with van der Waals surface area (Å²) in [4.78, 5) is 0. The smallest absolute Gasteiger partial charge is 0.0892 e. The van der Waals surface area contributed by atoms with E-state index in [1.165, 1.54) is 12.0 Å². The van der Waals surface area contributed by atoms with Gasteiger partial charge in [0.15, 0.2) is 0 Å². The van der Waals surface area contributed by atoms with Crippen LogP contribution < -0.4 is 0 Å². The molecule has 3 saturated carbocycles. The Morgan fingerprint density at radius 2 is 2.25 bits per heavy atom. The molecule has 0 aromatic rings. The van der Waals surface area contributed by atoms with Gasteiger partial charge in [-0.2, -0.15) is 0 Å². The van der Waals surface area contributed by atoms with Gasteiger partial charge in [0.05, 0.1) is 5.60 Å². The molecule has 0 aliphatic heterocycles. The molecule has 1 heteroatoms. The van der Waals surface area contributed by atoms with E-state index in [1.54, 1.807) is 6.08 Å². The van der Waals surface area contributed by atoms with Gasteiger partial charge in [-0.15, -0.1) is 6.58 Å². The van der Waals surface area contributed by atoms with Crippen LogP contribution in [0.2, 0.25) is 0 Å². The maximum absolute atomic E-state index is 10.2. The first kappa shape index (κ1) is 8.06. The highest BCUT2D eigenvalue weighted by Gasteiger charge is 2.45. The van der Waals surface area contributed by atoms with Crippen molar-refractivity contribution in [3.8, 4) is 0 Å². The number of hydrogen-bond donors (Lipinski definition) is 1. The summed E-state index contributed by atoms with van der Waals surface area (Å²) < 4.78 is 0. The zero-order chi connectivity index (χ0) is 8.77. The van der Waals surface area contributed by atoms with E-state index in [0.717, 1.165) is 19.3 Å². The lowest BCUT2D eigenvalue weighted by molar-refractivity contribution is -0.0317. The zero-order valence-corrected chi connectivity index (χ0v) is 7.42. The Bertz CT molecular complexity index is 231. The van der Waals surface area contributed by atoms with Crippen molar-refractivity contribution in [1.82, 2.24) is 0 Å². The molecule has 3 aliphatic rings. The Balaban J connectivity index is 2.30. The minimum atomic E-state index is -0.627. The SMILES string of the molecule is C=C[C@]1(O)C[C@@H]2CC[C@H]1C(=C)C2. The average Bonchev–Trinajstić information content (AvgIpc) is 2.04. The van der Waals surface area contributed by atoms with Gasteiger partial charge in [0.1, 0.15) is 0 Å². The maximum Gasteiger partial charge on any atom is 0.0892 e. The van der Waals surface area contributed by atoms with Crippen molar-refractivity contribution in [3.63, 3.8) is 0 Å². The van der Waals surface area contributed by atoms with E-state index in [-0.39, 0.29) is 0 Å². The van der Waals surface area contributed by atoms with Crippen LogP contribution in [0.1, 0.15) is 25.7 Å². The van der Waals surface area contributed by atoms with Crippen LogP contribution in [0.15, 0.2) is 24.8 Å². The minimum Gasteiger partial charge on any atom is -0.385 e. The molecule has 1 N–H and O–H groups in total. The molecular weight excluding hydrogens is 148 g/mol. The van der Waals surface area contributed by atoms with Gasteiger partial charge in [0.25, 0.3) is 0 Å². The molecule has 3 rings (SSSR count). The molecule has 3 aliphatic carbocycles. The fraction of sp³-hybridized carbons (Fsp3) is 0.636. The fourth-order valence-electron chi connectivity index (χ4n) is 2.83. The van der Waals surface area contributed by atoms with Gasteiger partial charge in [-0.25, -0.2) is 0 Å². The zero-order valence-electron chi connectivity index (χ0n) is 7.42. The molecule has 0 unspecified atom stereocenters. The van der Waals surface area contributed by atoms with Crippen LogP contribution in [-0.4, -0.2) is 10.7 Å². The summed E-state index contributed by atoms with van der Waals surface area (Å²) in [6, 6.07) is 0. The number of fused-ring (bicyclic) bond motifs is 3. The lowest BCUT2D eigenvalue weighted by Gasteiger charge is -2.48. The van der Waals surface area contributed by atoms with Gasteiger partial charge in [-0.3, -0.25) is 0 Å². The van der Waals surface area contributed by atoms with E-state index >= 15 is 0 Å². The molecule has 0 aromatic heterocycles. The summed E-state index contributed by atoms with van der Waals surface area (Å²) in [7, 11) is 0. The second kappa shape index (κ2) is 2.46. The lowest BCUT2D eigenvalue weighted by Crippen LogP contribution is -2.46. The Kier molecular flexibility index (Phi) is 1.65. The van der Waals surface area contributed by atoms with Crippen LogP contribution in [0.3, 0.4) is 0 Å². The molecule has 0 radical (unpaired) electrons. The molecule has 3 atom stereocenters. The van der Waals surface area contributed by atoms with Crippen molar-refractivity contribution in [1.29, 1.82) is 0 Å². The summed E-state index contributed by atoms with van der Waals surface area (Å²) >= 11 is 0. The van der Waals surface area contributed by atoms with E-state index in [9.17, 15) is 5.11 Å².